The molecule has 4 rings (SSSR count). The summed E-state index contributed by atoms with van der Waals surface area (Å²) in [4.78, 5) is 2.41. The van der Waals surface area contributed by atoms with Crippen LogP contribution in [0.2, 0.25) is 0 Å². The zero-order chi connectivity index (χ0) is 14.6. The minimum Gasteiger partial charge on any atom is -0.504 e. The molecule has 0 fully saturated rings. The Labute approximate surface area is 124 Å². The first-order chi connectivity index (χ1) is 10.1. The van der Waals surface area contributed by atoms with E-state index >= 15 is 0 Å². The lowest BCUT2D eigenvalue weighted by Gasteiger charge is -2.47. The van der Waals surface area contributed by atoms with Crippen molar-refractivity contribution in [1.82, 2.24) is 4.90 Å². The first-order valence-corrected chi connectivity index (χ1v) is 7.37. The van der Waals surface area contributed by atoms with Crippen LogP contribution in [-0.4, -0.2) is 41.4 Å². The molecule has 0 bridgehead atoms. The quantitative estimate of drug-likeness (QED) is 0.825. The molecule has 2 aliphatic heterocycles. The van der Waals surface area contributed by atoms with Crippen molar-refractivity contribution in [2.45, 2.75) is 24.5 Å². The molecule has 1 aromatic carbocycles. The third-order valence-electron chi connectivity index (χ3n) is 5.05. The van der Waals surface area contributed by atoms with Gasteiger partial charge in [0.05, 0.1) is 18.8 Å². The van der Waals surface area contributed by atoms with E-state index in [2.05, 4.69) is 11.0 Å². The number of aliphatic hydroxyl groups excluding tert-OH is 1. The maximum absolute atomic E-state index is 10.2. The molecule has 4 nitrogen and oxygen atoms in total. The van der Waals surface area contributed by atoms with Crippen LogP contribution < -0.4 is 4.74 Å². The van der Waals surface area contributed by atoms with Gasteiger partial charge in [0.25, 0.3) is 0 Å². The minimum atomic E-state index is -0.446. The molecule has 1 aliphatic carbocycles. The average Bonchev–Trinajstić information content (AvgIpc) is 2.85. The Morgan fingerprint density at radius 3 is 3.05 bits per heavy atom. The van der Waals surface area contributed by atoms with Gasteiger partial charge in [-0.05, 0) is 35.3 Å². The van der Waals surface area contributed by atoms with Gasteiger partial charge in [0.1, 0.15) is 0 Å². The molecule has 110 valence electrons. The topological polar surface area (TPSA) is 52.9 Å². The molecular formula is C17H19NO3. The maximum atomic E-state index is 10.2. The van der Waals surface area contributed by atoms with Gasteiger partial charge >= 0.3 is 0 Å². The largest absolute Gasteiger partial charge is 0.504 e. The maximum Gasteiger partial charge on any atom is 0.160 e. The smallest absolute Gasteiger partial charge is 0.160 e. The zero-order valence-electron chi connectivity index (χ0n) is 12.0. The van der Waals surface area contributed by atoms with E-state index in [-0.39, 0.29) is 11.3 Å². The Balaban J connectivity index is 1.94. The molecule has 0 amide bonds. The zero-order valence-corrected chi connectivity index (χ0v) is 12.0. The molecule has 3 aliphatic rings. The third-order valence-corrected chi connectivity index (χ3v) is 5.05. The second kappa shape index (κ2) is 4.36. The summed E-state index contributed by atoms with van der Waals surface area (Å²) >= 11 is 0. The lowest BCUT2D eigenvalue weighted by molar-refractivity contribution is 0.0769. The van der Waals surface area contributed by atoms with E-state index in [1.54, 1.807) is 7.11 Å². The Kier molecular flexibility index (Phi) is 2.68. The number of aromatic hydroxyl groups is 1. The van der Waals surface area contributed by atoms with E-state index < -0.39 is 6.10 Å². The molecule has 2 atom stereocenters. The Hall–Kier alpha value is -1.78. The molecule has 2 heterocycles. The van der Waals surface area contributed by atoms with Crippen LogP contribution in [0.3, 0.4) is 0 Å². The van der Waals surface area contributed by atoms with Gasteiger partial charge in [-0.25, -0.2) is 0 Å². The fourth-order valence-electron chi connectivity index (χ4n) is 4.09. The number of phenols is 1. The summed E-state index contributed by atoms with van der Waals surface area (Å²) in [6, 6.07) is 3.77. The molecular weight excluding hydrogens is 266 g/mol. The van der Waals surface area contributed by atoms with Gasteiger partial charge in [-0.3, -0.25) is 4.90 Å². The van der Waals surface area contributed by atoms with Crippen LogP contribution in [0.25, 0.3) is 0 Å². The van der Waals surface area contributed by atoms with E-state index in [1.165, 1.54) is 11.1 Å². The molecule has 0 radical (unpaired) electrons. The first-order valence-electron chi connectivity index (χ1n) is 7.37. The molecule has 0 saturated carbocycles. The van der Waals surface area contributed by atoms with E-state index in [1.807, 2.05) is 24.3 Å². The van der Waals surface area contributed by atoms with Gasteiger partial charge in [-0.2, -0.15) is 0 Å². The number of methoxy groups -OCH3 is 1. The Bertz CT molecular complexity index is 664. The van der Waals surface area contributed by atoms with Crippen molar-refractivity contribution in [3.05, 3.63) is 47.1 Å². The molecule has 0 saturated heterocycles. The van der Waals surface area contributed by atoms with Crippen molar-refractivity contribution in [2.24, 2.45) is 0 Å². The second-order valence-corrected chi connectivity index (χ2v) is 6.03. The standard InChI is InChI=1S/C17H19NO3/c1-21-16-8-11-4-6-18-7-5-12-2-3-13(19)10-17(12,18)14(11)9-15(16)20/h2-3,5,8-9,13,19-20H,4,6-7,10H2,1H3/t13-,17-/m0/s1. The summed E-state index contributed by atoms with van der Waals surface area (Å²) in [5.74, 6) is 0.691. The molecule has 1 aromatic rings. The Morgan fingerprint density at radius 1 is 1.38 bits per heavy atom. The molecule has 0 aromatic heterocycles. The predicted octanol–water partition coefficient (Wildman–Crippen LogP) is 1.71. The van der Waals surface area contributed by atoms with Crippen molar-refractivity contribution < 1.29 is 14.9 Å². The first kappa shape index (κ1) is 12.9. The SMILES string of the molecule is COc1cc2c(cc1O)[C@]13C[C@@H](O)C=CC1=CCN3CC2. The number of nitrogens with zero attached hydrogens (tertiary/aromatic N) is 1. The monoisotopic (exact) mass is 285 g/mol. The van der Waals surface area contributed by atoms with Crippen LogP contribution >= 0.6 is 0 Å². The number of hydrogen-bond acceptors (Lipinski definition) is 4. The Morgan fingerprint density at radius 2 is 2.24 bits per heavy atom. The number of benzene rings is 1. The third kappa shape index (κ3) is 1.63. The summed E-state index contributed by atoms with van der Waals surface area (Å²) in [7, 11) is 1.57. The van der Waals surface area contributed by atoms with Gasteiger partial charge in [0.15, 0.2) is 11.5 Å². The predicted molar refractivity (Wildman–Crippen MR) is 79.5 cm³/mol. The summed E-state index contributed by atoms with van der Waals surface area (Å²) in [6.07, 6.45) is 7.27. The average molecular weight is 285 g/mol. The molecule has 1 spiro atoms. The van der Waals surface area contributed by atoms with Crippen molar-refractivity contribution in [3.63, 3.8) is 0 Å². The molecule has 2 N–H and O–H groups in total. The fraction of sp³-hybridized carbons (Fsp3) is 0.412. The summed E-state index contributed by atoms with van der Waals surface area (Å²) in [5.41, 5.74) is 3.26. The van der Waals surface area contributed by atoms with Crippen LogP contribution in [0, 0.1) is 0 Å². The number of fused-ring (bicyclic) bond motifs is 1. The highest BCUT2D eigenvalue weighted by Crippen LogP contribution is 2.51. The van der Waals surface area contributed by atoms with E-state index in [4.69, 9.17) is 4.74 Å². The van der Waals surface area contributed by atoms with Crippen molar-refractivity contribution >= 4 is 0 Å². The molecule has 0 unspecified atom stereocenters. The normalized spacial score (nSPS) is 30.4. The van der Waals surface area contributed by atoms with Crippen molar-refractivity contribution in [1.29, 1.82) is 0 Å². The lowest BCUT2D eigenvalue weighted by Crippen LogP contribution is -2.51. The highest BCUT2D eigenvalue weighted by Gasteiger charge is 2.49. The van der Waals surface area contributed by atoms with Gasteiger partial charge in [-0.1, -0.05) is 18.2 Å². The fourth-order valence-corrected chi connectivity index (χ4v) is 4.09. The lowest BCUT2D eigenvalue weighted by atomic mass is 9.71. The van der Waals surface area contributed by atoms with E-state index in [9.17, 15) is 10.2 Å². The van der Waals surface area contributed by atoms with Gasteiger partial charge in [-0.15, -0.1) is 0 Å². The molecule has 4 heteroatoms. The van der Waals surface area contributed by atoms with Crippen LogP contribution in [0.5, 0.6) is 11.5 Å². The summed E-state index contributed by atoms with van der Waals surface area (Å²) in [5, 5.41) is 20.4. The number of hydrogen-bond donors (Lipinski definition) is 2. The van der Waals surface area contributed by atoms with Crippen LogP contribution in [0.1, 0.15) is 17.5 Å². The van der Waals surface area contributed by atoms with Gasteiger partial charge in [0, 0.05) is 19.5 Å². The van der Waals surface area contributed by atoms with Crippen molar-refractivity contribution in [2.75, 3.05) is 20.2 Å². The highest BCUT2D eigenvalue weighted by molar-refractivity contribution is 5.57. The highest BCUT2D eigenvalue weighted by atomic mass is 16.5. The number of rotatable bonds is 1. The van der Waals surface area contributed by atoms with E-state index in [0.29, 0.717) is 12.2 Å². The molecule has 21 heavy (non-hydrogen) atoms. The number of ether oxygens (including phenoxy) is 1. The number of phenolic OH excluding ortho intramolecular Hbond substituents is 1. The van der Waals surface area contributed by atoms with Crippen LogP contribution in [-0.2, 0) is 12.0 Å². The summed E-state index contributed by atoms with van der Waals surface area (Å²) < 4.78 is 5.24. The second-order valence-electron chi connectivity index (χ2n) is 6.03. The van der Waals surface area contributed by atoms with E-state index in [0.717, 1.165) is 25.1 Å². The van der Waals surface area contributed by atoms with Gasteiger partial charge in [0.2, 0.25) is 0 Å². The minimum absolute atomic E-state index is 0.169. The summed E-state index contributed by atoms with van der Waals surface area (Å²) in [6.45, 7) is 1.86. The number of aliphatic hydroxyl groups is 1. The van der Waals surface area contributed by atoms with Crippen molar-refractivity contribution in [3.8, 4) is 11.5 Å². The van der Waals surface area contributed by atoms with Crippen LogP contribution in [0.4, 0.5) is 0 Å². The van der Waals surface area contributed by atoms with Crippen LogP contribution in [0.15, 0.2) is 35.9 Å². The van der Waals surface area contributed by atoms with Gasteiger partial charge < -0.3 is 14.9 Å².